The molecule has 0 saturated heterocycles. The summed E-state index contributed by atoms with van der Waals surface area (Å²) in [6, 6.07) is 2.55. The zero-order valence-corrected chi connectivity index (χ0v) is 15.8. The fraction of sp³-hybridized carbons (Fsp3) is 0.909. The highest BCUT2D eigenvalue weighted by molar-refractivity contribution is 5.84. The molecule has 0 radical (unpaired) electrons. The average molecular weight is 328 g/mol. The van der Waals surface area contributed by atoms with Gasteiger partial charge in [0.25, 0.3) is 0 Å². The van der Waals surface area contributed by atoms with Crippen molar-refractivity contribution < 1.29 is 4.79 Å². The normalized spacial score (nSPS) is 56.8. The number of carbonyl (C=O) groups is 1. The van der Waals surface area contributed by atoms with Crippen molar-refractivity contribution in [1.29, 1.82) is 5.26 Å². The van der Waals surface area contributed by atoms with E-state index in [1.54, 1.807) is 0 Å². The molecule has 0 aromatic rings. The summed E-state index contributed by atoms with van der Waals surface area (Å²) < 4.78 is 0. The molecule has 132 valence electrons. The molecule has 0 unspecified atom stereocenters. The van der Waals surface area contributed by atoms with Crippen LogP contribution in [0.1, 0.15) is 72.6 Å². The maximum Gasteiger partial charge on any atom is 0.137 e. The quantitative estimate of drug-likeness (QED) is 0.611. The summed E-state index contributed by atoms with van der Waals surface area (Å²) in [7, 11) is 0. The fourth-order valence-corrected chi connectivity index (χ4v) is 7.95. The predicted molar refractivity (Wildman–Crippen MR) is 94.9 cm³/mol. The first-order valence-corrected chi connectivity index (χ1v) is 10.2. The van der Waals surface area contributed by atoms with Gasteiger partial charge in [0.05, 0.1) is 12.0 Å². The molecule has 0 bridgehead atoms. The van der Waals surface area contributed by atoms with E-state index in [4.69, 9.17) is 0 Å². The summed E-state index contributed by atoms with van der Waals surface area (Å²) in [5.74, 6) is 4.33. The SMILES string of the molecule is C[C@H]1[C@H](C)CC[C@@]2(C)[C@H]1CC[C@H]1[C@@H]3CC[C@H](C#N)[C@@]3(C)CC(=O)[C@@H]12. The Morgan fingerprint density at radius 2 is 1.71 bits per heavy atom. The Hall–Kier alpha value is -0.840. The number of hydrogen-bond donors (Lipinski definition) is 0. The second-order valence-corrected chi connectivity index (χ2v) is 10.2. The molecular formula is C22H33NO. The number of nitriles is 1. The highest BCUT2D eigenvalue weighted by Gasteiger charge is 2.63. The van der Waals surface area contributed by atoms with Crippen molar-refractivity contribution in [2.45, 2.75) is 72.6 Å². The van der Waals surface area contributed by atoms with E-state index in [2.05, 4.69) is 33.8 Å². The van der Waals surface area contributed by atoms with Gasteiger partial charge in [0.2, 0.25) is 0 Å². The smallest absolute Gasteiger partial charge is 0.137 e. The summed E-state index contributed by atoms with van der Waals surface area (Å²) in [5.41, 5.74) is 0.182. The predicted octanol–water partition coefficient (Wildman–Crippen LogP) is 5.23. The van der Waals surface area contributed by atoms with Crippen molar-refractivity contribution in [3.05, 3.63) is 0 Å². The van der Waals surface area contributed by atoms with E-state index in [0.29, 0.717) is 24.0 Å². The molecule has 24 heavy (non-hydrogen) atoms. The molecule has 2 heteroatoms. The van der Waals surface area contributed by atoms with Gasteiger partial charge in [-0.15, -0.1) is 0 Å². The van der Waals surface area contributed by atoms with Crippen LogP contribution in [0.3, 0.4) is 0 Å². The molecule has 0 spiro atoms. The molecular weight excluding hydrogens is 294 g/mol. The number of fused-ring (bicyclic) bond motifs is 5. The zero-order valence-electron chi connectivity index (χ0n) is 15.8. The molecule has 2 nitrogen and oxygen atoms in total. The Morgan fingerprint density at radius 1 is 1.00 bits per heavy atom. The highest BCUT2D eigenvalue weighted by Crippen LogP contribution is 2.67. The largest absolute Gasteiger partial charge is 0.299 e. The molecule has 9 atom stereocenters. The van der Waals surface area contributed by atoms with Crippen LogP contribution in [0.15, 0.2) is 0 Å². The monoisotopic (exact) mass is 327 g/mol. The third-order valence-electron chi connectivity index (χ3n) is 9.45. The fourth-order valence-electron chi connectivity index (χ4n) is 7.95. The second-order valence-electron chi connectivity index (χ2n) is 10.2. The van der Waals surface area contributed by atoms with Gasteiger partial charge in [-0.25, -0.2) is 0 Å². The lowest BCUT2D eigenvalue weighted by atomic mass is 9.42. The summed E-state index contributed by atoms with van der Waals surface area (Å²) in [4.78, 5) is 13.4. The molecule has 0 aliphatic heterocycles. The lowest BCUT2D eigenvalue weighted by molar-refractivity contribution is -0.162. The van der Waals surface area contributed by atoms with Crippen molar-refractivity contribution in [1.82, 2.24) is 0 Å². The number of Topliss-reactive ketones (excluding diaryl/α,β-unsaturated/α-hetero) is 1. The number of rotatable bonds is 0. The maximum absolute atomic E-state index is 13.4. The minimum atomic E-state index is -0.0379. The van der Waals surface area contributed by atoms with Crippen molar-refractivity contribution >= 4 is 5.78 Å². The summed E-state index contributed by atoms with van der Waals surface area (Å²) in [6.45, 7) is 9.55. The van der Waals surface area contributed by atoms with E-state index < -0.39 is 0 Å². The Bertz CT molecular complexity index is 591. The molecule has 0 aromatic carbocycles. The topological polar surface area (TPSA) is 40.9 Å². The maximum atomic E-state index is 13.4. The van der Waals surface area contributed by atoms with Gasteiger partial charge < -0.3 is 0 Å². The molecule has 0 heterocycles. The van der Waals surface area contributed by atoms with E-state index in [9.17, 15) is 10.1 Å². The third-order valence-corrected chi connectivity index (χ3v) is 9.45. The Morgan fingerprint density at radius 3 is 2.42 bits per heavy atom. The average Bonchev–Trinajstić information content (AvgIpc) is 2.86. The highest BCUT2D eigenvalue weighted by atomic mass is 16.1. The van der Waals surface area contributed by atoms with Gasteiger partial charge in [-0.05, 0) is 78.9 Å². The van der Waals surface area contributed by atoms with Crippen molar-refractivity contribution in [3.8, 4) is 6.07 Å². The minimum absolute atomic E-state index is 0.0379. The van der Waals surface area contributed by atoms with Crippen LogP contribution < -0.4 is 0 Å². The van der Waals surface area contributed by atoms with Gasteiger partial charge >= 0.3 is 0 Å². The van der Waals surface area contributed by atoms with Crippen LogP contribution in [-0.4, -0.2) is 5.78 Å². The first-order valence-electron chi connectivity index (χ1n) is 10.2. The Kier molecular flexibility index (Phi) is 3.69. The Balaban J connectivity index is 1.71. The summed E-state index contributed by atoms with van der Waals surface area (Å²) >= 11 is 0. The van der Waals surface area contributed by atoms with Crippen LogP contribution in [-0.2, 0) is 4.79 Å². The first-order chi connectivity index (χ1) is 11.3. The third kappa shape index (κ3) is 1.96. The van der Waals surface area contributed by atoms with Crippen LogP contribution >= 0.6 is 0 Å². The molecule has 0 N–H and O–H groups in total. The summed E-state index contributed by atoms with van der Waals surface area (Å²) in [5, 5.41) is 9.59. The summed E-state index contributed by atoms with van der Waals surface area (Å²) in [6.07, 6.45) is 7.92. The number of nitrogens with zero attached hydrogens (tertiary/aromatic N) is 1. The van der Waals surface area contributed by atoms with Crippen LogP contribution in [0.2, 0.25) is 0 Å². The number of hydrogen-bond acceptors (Lipinski definition) is 2. The number of carbonyl (C=O) groups excluding carboxylic acids is 1. The van der Waals surface area contributed by atoms with E-state index in [0.717, 1.165) is 24.2 Å². The van der Waals surface area contributed by atoms with Crippen LogP contribution in [0.25, 0.3) is 0 Å². The molecule has 0 aromatic heterocycles. The van der Waals surface area contributed by atoms with E-state index >= 15 is 0 Å². The van der Waals surface area contributed by atoms with E-state index in [1.165, 1.54) is 32.1 Å². The molecule has 0 amide bonds. The van der Waals surface area contributed by atoms with Crippen molar-refractivity contribution in [2.75, 3.05) is 0 Å². The molecule has 4 saturated carbocycles. The van der Waals surface area contributed by atoms with Gasteiger partial charge in [0.15, 0.2) is 0 Å². The zero-order chi connectivity index (χ0) is 17.3. The number of ketones is 1. The van der Waals surface area contributed by atoms with Gasteiger partial charge in [-0.3, -0.25) is 4.79 Å². The van der Waals surface area contributed by atoms with Gasteiger partial charge in [-0.1, -0.05) is 27.7 Å². The van der Waals surface area contributed by atoms with Gasteiger partial charge in [-0.2, -0.15) is 5.26 Å². The lowest BCUT2D eigenvalue weighted by Gasteiger charge is -2.61. The Labute approximate surface area is 147 Å². The minimum Gasteiger partial charge on any atom is -0.299 e. The second kappa shape index (κ2) is 5.33. The van der Waals surface area contributed by atoms with E-state index in [1.807, 2.05) is 0 Å². The van der Waals surface area contributed by atoms with Crippen molar-refractivity contribution in [3.63, 3.8) is 0 Å². The van der Waals surface area contributed by atoms with Crippen LogP contribution in [0.5, 0.6) is 0 Å². The first kappa shape index (κ1) is 16.6. The van der Waals surface area contributed by atoms with Crippen LogP contribution in [0, 0.1) is 63.6 Å². The molecule has 4 aliphatic carbocycles. The molecule has 4 fully saturated rings. The van der Waals surface area contributed by atoms with Gasteiger partial charge in [0.1, 0.15) is 5.78 Å². The van der Waals surface area contributed by atoms with Gasteiger partial charge in [0, 0.05) is 12.3 Å². The van der Waals surface area contributed by atoms with E-state index in [-0.39, 0.29) is 22.7 Å². The van der Waals surface area contributed by atoms with Crippen molar-refractivity contribution in [2.24, 2.45) is 52.3 Å². The standard InChI is InChI=1S/C22H33NO/c1-13-9-10-21(3)17(14(13)2)8-6-16-18-7-5-15(12-23)22(18,4)11-19(24)20(16)21/h13-18,20H,5-11H2,1-4H3/t13-,14+,15-,16+,17+,18+,20-,21+,22-/m1/s1. The molecule has 4 rings (SSSR count). The lowest BCUT2D eigenvalue weighted by Crippen LogP contribution is -2.58. The molecule has 4 aliphatic rings. The van der Waals surface area contributed by atoms with Crippen LogP contribution in [0.4, 0.5) is 0 Å².